The fourth-order valence-corrected chi connectivity index (χ4v) is 2.40. The first-order chi connectivity index (χ1) is 12.0. The van der Waals surface area contributed by atoms with Crippen molar-refractivity contribution in [1.82, 2.24) is 9.99 Å². The van der Waals surface area contributed by atoms with Crippen molar-refractivity contribution in [3.63, 3.8) is 0 Å². The molecule has 1 aromatic heterocycles. The number of fused-ring (bicyclic) bond motifs is 1. The SMILES string of the molecule is CN(NC(=O)Cn1c(=O)oc2cc([N+](=O)[O-])ccc21)c1ccccc1. The molecule has 25 heavy (non-hydrogen) atoms. The maximum Gasteiger partial charge on any atom is 0.420 e. The lowest BCUT2D eigenvalue weighted by atomic mass is 10.3. The summed E-state index contributed by atoms with van der Waals surface area (Å²) in [7, 11) is 1.67. The van der Waals surface area contributed by atoms with E-state index in [2.05, 4.69) is 5.43 Å². The summed E-state index contributed by atoms with van der Waals surface area (Å²) in [6.45, 7) is -0.277. The highest BCUT2D eigenvalue weighted by Gasteiger charge is 2.16. The number of oxazole rings is 1. The van der Waals surface area contributed by atoms with Gasteiger partial charge in [0.25, 0.3) is 11.6 Å². The Bertz CT molecular complexity index is 993. The number of carbonyl (C=O) groups excluding carboxylic acids is 1. The molecular formula is C16H14N4O5. The summed E-state index contributed by atoms with van der Waals surface area (Å²) in [4.78, 5) is 34.3. The van der Waals surface area contributed by atoms with Gasteiger partial charge in [0.1, 0.15) is 6.54 Å². The van der Waals surface area contributed by atoms with Crippen LogP contribution in [0.5, 0.6) is 0 Å². The second-order valence-corrected chi connectivity index (χ2v) is 5.29. The van der Waals surface area contributed by atoms with Crippen LogP contribution in [0, 0.1) is 10.1 Å². The Kier molecular flexibility index (Phi) is 4.21. The quantitative estimate of drug-likeness (QED) is 0.558. The van der Waals surface area contributed by atoms with E-state index in [0.29, 0.717) is 5.52 Å². The average molecular weight is 342 g/mol. The van der Waals surface area contributed by atoms with Crippen LogP contribution in [0.3, 0.4) is 0 Å². The van der Waals surface area contributed by atoms with Crippen LogP contribution in [0.15, 0.2) is 57.7 Å². The number of benzene rings is 2. The van der Waals surface area contributed by atoms with Crippen molar-refractivity contribution in [2.24, 2.45) is 0 Å². The highest BCUT2D eigenvalue weighted by Crippen LogP contribution is 2.20. The number of carbonyl (C=O) groups is 1. The van der Waals surface area contributed by atoms with Gasteiger partial charge in [0.15, 0.2) is 5.58 Å². The molecule has 0 bridgehead atoms. The van der Waals surface area contributed by atoms with Gasteiger partial charge in [-0.1, -0.05) is 18.2 Å². The Morgan fingerprint density at radius 1 is 1.28 bits per heavy atom. The Labute approximate surface area is 141 Å². The zero-order chi connectivity index (χ0) is 18.0. The standard InChI is InChI=1S/C16H14N4O5/c1-18(11-5-3-2-4-6-11)17-15(21)10-19-13-8-7-12(20(23)24)9-14(13)25-16(19)22/h2-9H,10H2,1H3,(H,17,21). The Morgan fingerprint density at radius 3 is 2.68 bits per heavy atom. The molecule has 128 valence electrons. The summed E-state index contributed by atoms with van der Waals surface area (Å²) in [5.74, 6) is -1.19. The minimum Gasteiger partial charge on any atom is -0.407 e. The fourth-order valence-electron chi connectivity index (χ4n) is 2.40. The molecule has 2 aromatic carbocycles. The minimum absolute atomic E-state index is 0.0587. The van der Waals surface area contributed by atoms with E-state index in [1.54, 1.807) is 7.05 Å². The molecule has 1 amide bonds. The van der Waals surface area contributed by atoms with Gasteiger partial charge in [0.2, 0.25) is 0 Å². The van der Waals surface area contributed by atoms with Gasteiger partial charge in [-0.2, -0.15) is 0 Å². The van der Waals surface area contributed by atoms with Crippen LogP contribution in [-0.4, -0.2) is 22.4 Å². The Morgan fingerprint density at radius 2 is 2.00 bits per heavy atom. The van der Waals surface area contributed by atoms with E-state index in [4.69, 9.17) is 4.42 Å². The van der Waals surface area contributed by atoms with Crippen molar-refractivity contribution < 1.29 is 14.1 Å². The second kappa shape index (κ2) is 6.48. The number of non-ortho nitro benzene ring substituents is 1. The van der Waals surface area contributed by atoms with Gasteiger partial charge in [-0.3, -0.25) is 29.9 Å². The van der Waals surface area contributed by atoms with Crippen molar-refractivity contribution in [3.8, 4) is 0 Å². The van der Waals surface area contributed by atoms with Gasteiger partial charge in [0, 0.05) is 13.1 Å². The zero-order valence-corrected chi connectivity index (χ0v) is 13.2. The van der Waals surface area contributed by atoms with Gasteiger partial charge in [-0.05, 0) is 18.2 Å². The third-order valence-electron chi connectivity index (χ3n) is 3.60. The molecule has 1 N–H and O–H groups in total. The summed E-state index contributed by atoms with van der Waals surface area (Å²) in [6.07, 6.45) is 0. The second-order valence-electron chi connectivity index (χ2n) is 5.29. The number of nitrogens with zero attached hydrogens (tertiary/aromatic N) is 3. The lowest BCUT2D eigenvalue weighted by Crippen LogP contribution is -2.42. The summed E-state index contributed by atoms with van der Waals surface area (Å²) in [5.41, 5.74) is 3.59. The number of amides is 1. The smallest absolute Gasteiger partial charge is 0.407 e. The van der Waals surface area contributed by atoms with Gasteiger partial charge in [-0.15, -0.1) is 0 Å². The predicted molar refractivity (Wildman–Crippen MR) is 90.1 cm³/mol. The number of aromatic nitrogens is 1. The summed E-state index contributed by atoms with van der Waals surface area (Å²) in [6, 6.07) is 12.9. The summed E-state index contributed by atoms with van der Waals surface area (Å²) in [5, 5.41) is 12.3. The molecule has 9 heteroatoms. The topological polar surface area (TPSA) is 111 Å². The number of para-hydroxylation sites is 1. The van der Waals surface area contributed by atoms with E-state index in [9.17, 15) is 19.7 Å². The fraction of sp³-hybridized carbons (Fsp3) is 0.125. The maximum absolute atomic E-state index is 12.2. The van der Waals surface area contributed by atoms with Crippen molar-refractivity contribution in [2.75, 3.05) is 12.1 Å². The third-order valence-corrected chi connectivity index (χ3v) is 3.60. The molecule has 3 rings (SSSR count). The minimum atomic E-state index is -0.756. The van der Waals surface area contributed by atoms with Crippen LogP contribution in [0.4, 0.5) is 11.4 Å². The Balaban J connectivity index is 1.80. The number of nitrogens with one attached hydrogen (secondary N) is 1. The van der Waals surface area contributed by atoms with E-state index < -0.39 is 16.6 Å². The molecule has 0 aliphatic heterocycles. The monoisotopic (exact) mass is 342 g/mol. The van der Waals surface area contributed by atoms with Crippen LogP contribution in [0.2, 0.25) is 0 Å². The lowest BCUT2D eigenvalue weighted by molar-refractivity contribution is -0.384. The summed E-state index contributed by atoms with van der Waals surface area (Å²) >= 11 is 0. The first kappa shape index (κ1) is 16.2. The third kappa shape index (κ3) is 3.34. The van der Waals surface area contributed by atoms with E-state index >= 15 is 0 Å². The number of rotatable bonds is 5. The molecule has 0 aliphatic rings. The van der Waals surface area contributed by atoms with Crippen molar-refractivity contribution in [1.29, 1.82) is 0 Å². The number of anilines is 1. The molecule has 0 aliphatic carbocycles. The highest BCUT2D eigenvalue weighted by molar-refractivity contribution is 5.81. The van der Waals surface area contributed by atoms with Gasteiger partial charge in [-0.25, -0.2) is 4.79 Å². The van der Waals surface area contributed by atoms with Gasteiger partial charge < -0.3 is 4.42 Å². The first-order valence-electron chi connectivity index (χ1n) is 7.32. The average Bonchev–Trinajstić information content (AvgIpc) is 2.90. The van der Waals surface area contributed by atoms with Crippen molar-refractivity contribution in [3.05, 3.63) is 69.2 Å². The normalized spacial score (nSPS) is 10.6. The van der Waals surface area contributed by atoms with Crippen LogP contribution >= 0.6 is 0 Å². The van der Waals surface area contributed by atoms with Crippen LogP contribution in [0.1, 0.15) is 0 Å². The maximum atomic E-state index is 12.2. The van der Waals surface area contributed by atoms with E-state index in [0.717, 1.165) is 16.3 Å². The highest BCUT2D eigenvalue weighted by atomic mass is 16.6. The molecular weight excluding hydrogens is 328 g/mol. The molecule has 0 fully saturated rings. The predicted octanol–water partition coefficient (Wildman–Crippen LogP) is 1.67. The lowest BCUT2D eigenvalue weighted by Gasteiger charge is -2.20. The molecule has 0 saturated carbocycles. The largest absolute Gasteiger partial charge is 0.420 e. The molecule has 1 heterocycles. The Hall–Kier alpha value is -3.62. The molecule has 9 nitrogen and oxygen atoms in total. The van der Waals surface area contributed by atoms with E-state index in [1.807, 2.05) is 30.3 Å². The number of nitro groups is 1. The van der Waals surface area contributed by atoms with Crippen molar-refractivity contribution >= 4 is 28.4 Å². The summed E-state index contributed by atoms with van der Waals surface area (Å²) < 4.78 is 6.11. The zero-order valence-electron chi connectivity index (χ0n) is 13.2. The van der Waals surface area contributed by atoms with Crippen LogP contribution in [-0.2, 0) is 11.3 Å². The first-order valence-corrected chi connectivity index (χ1v) is 7.32. The van der Waals surface area contributed by atoms with Gasteiger partial charge in [0.05, 0.1) is 22.2 Å². The molecule has 0 unspecified atom stereocenters. The number of nitro benzene ring substituents is 1. The molecule has 0 radical (unpaired) electrons. The molecule has 3 aromatic rings. The van der Waals surface area contributed by atoms with Gasteiger partial charge >= 0.3 is 5.76 Å². The molecule has 0 spiro atoms. The number of hydrogen-bond donors (Lipinski definition) is 1. The number of hydrazine groups is 1. The number of hydrogen-bond acceptors (Lipinski definition) is 6. The van der Waals surface area contributed by atoms with E-state index in [-0.39, 0.29) is 17.8 Å². The van der Waals surface area contributed by atoms with Crippen molar-refractivity contribution in [2.45, 2.75) is 6.54 Å². The van der Waals surface area contributed by atoms with E-state index in [1.165, 1.54) is 17.1 Å². The van der Waals surface area contributed by atoms with Crippen LogP contribution in [0.25, 0.3) is 11.1 Å². The van der Waals surface area contributed by atoms with Crippen LogP contribution < -0.4 is 16.2 Å². The molecule has 0 atom stereocenters. The molecule has 0 saturated heterocycles.